The molecule has 222 valence electrons. The zero-order valence-corrected chi connectivity index (χ0v) is 25.0. The van der Waals surface area contributed by atoms with E-state index < -0.39 is 5.97 Å². The Morgan fingerprint density at radius 1 is 1.05 bits per heavy atom. The van der Waals surface area contributed by atoms with Crippen molar-refractivity contribution in [2.24, 2.45) is 0 Å². The van der Waals surface area contributed by atoms with Gasteiger partial charge in [0.15, 0.2) is 0 Å². The summed E-state index contributed by atoms with van der Waals surface area (Å²) < 4.78 is 17.1. The lowest BCUT2D eigenvalue weighted by molar-refractivity contribution is -0.0158. The third kappa shape index (κ3) is 5.46. The molecule has 7 rings (SSSR count). The van der Waals surface area contributed by atoms with E-state index in [0.717, 1.165) is 55.2 Å². The monoisotopic (exact) mass is 620 g/mol. The molecule has 2 unspecified atom stereocenters. The summed E-state index contributed by atoms with van der Waals surface area (Å²) in [5, 5.41) is 9.26. The smallest absolute Gasteiger partial charge is 0.339 e. The number of benzene rings is 2. The lowest BCUT2D eigenvalue weighted by Crippen LogP contribution is -2.50. The predicted octanol–water partition coefficient (Wildman–Crippen LogP) is 7.60. The van der Waals surface area contributed by atoms with Crippen molar-refractivity contribution < 1.29 is 23.6 Å². The number of urea groups is 1. The van der Waals surface area contributed by atoms with Gasteiger partial charge in [-0.2, -0.15) is 0 Å². The number of fused-ring (bicyclic) bond motifs is 3. The number of rotatable bonds is 7. The maximum absolute atomic E-state index is 13.4. The highest BCUT2D eigenvalue weighted by atomic mass is 35.5. The van der Waals surface area contributed by atoms with Crippen molar-refractivity contribution in [3.63, 3.8) is 0 Å². The Morgan fingerprint density at radius 3 is 2.49 bits per heavy atom. The molecule has 9 nitrogen and oxygen atoms in total. The Morgan fingerprint density at radius 2 is 1.79 bits per heavy atom. The molecule has 2 aromatic heterocycles. The Bertz CT molecular complexity index is 1690. The van der Waals surface area contributed by atoms with Crippen molar-refractivity contribution in [1.82, 2.24) is 15.0 Å². The normalized spacial score (nSPS) is 21.3. The van der Waals surface area contributed by atoms with Crippen molar-refractivity contribution in [2.45, 2.75) is 69.2 Å². The van der Waals surface area contributed by atoms with E-state index in [1.807, 2.05) is 29.2 Å². The van der Waals surface area contributed by atoms with Gasteiger partial charge in [0, 0.05) is 46.4 Å². The Labute approximate surface area is 258 Å². The number of amides is 2. The molecule has 2 atom stereocenters. The quantitative estimate of drug-likeness (QED) is 0.212. The summed E-state index contributed by atoms with van der Waals surface area (Å²) >= 11 is 13.0. The standard InChI is InChI=1S/C32H30Cl2N4O5/c1-41-31(39)19-11-18-7-8-20(12-27(18)35-15-19)36-32(40)38-21-9-10-22(38)14-23(13-21)42-16-24-29(37-43-30(24)17-5-6-17)28-25(33)3-2-4-26(28)34/h2-4,7-8,11-12,15,17,21-23H,5-6,9-10,13-14,16H2,1H3,(H,36,40). The molecule has 0 spiro atoms. The van der Waals surface area contributed by atoms with Gasteiger partial charge in [0.2, 0.25) is 0 Å². The second-order valence-electron chi connectivity index (χ2n) is 11.5. The number of methoxy groups -OCH3 is 1. The second kappa shape index (κ2) is 11.4. The number of hydrogen-bond acceptors (Lipinski definition) is 7. The first kappa shape index (κ1) is 28.1. The average Bonchev–Trinajstić information content (AvgIpc) is 3.71. The maximum Gasteiger partial charge on any atom is 0.339 e. The summed E-state index contributed by atoms with van der Waals surface area (Å²) in [5.74, 6) is 0.769. The predicted molar refractivity (Wildman–Crippen MR) is 162 cm³/mol. The van der Waals surface area contributed by atoms with Crippen molar-refractivity contribution in [1.29, 1.82) is 0 Å². The highest BCUT2D eigenvalue weighted by Gasteiger charge is 2.44. The van der Waals surface area contributed by atoms with Gasteiger partial charge in [-0.25, -0.2) is 9.59 Å². The van der Waals surface area contributed by atoms with Crippen molar-refractivity contribution in [3.8, 4) is 11.3 Å². The van der Waals surface area contributed by atoms with Crippen LogP contribution in [-0.2, 0) is 16.1 Å². The van der Waals surface area contributed by atoms with Crippen LogP contribution in [-0.4, -0.2) is 52.3 Å². The maximum atomic E-state index is 13.4. The summed E-state index contributed by atoms with van der Waals surface area (Å²) in [6.07, 6.45) is 7.01. The fraction of sp³-hybridized carbons (Fsp3) is 0.375. The van der Waals surface area contributed by atoms with Gasteiger partial charge < -0.3 is 24.2 Å². The molecule has 2 amide bonds. The zero-order valence-electron chi connectivity index (χ0n) is 23.5. The number of nitrogens with one attached hydrogen (secondary N) is 1. The number of aromatic nitrogens is 2. The second-order valence-corrected chi connectivity index (χ2v) is 12.3. The fourth-order valence-corrected chi connectivity index (χ4v) is 7.04. The van der Waals surface area contributed by atoms with E-state index in [0.29, 0.717) is 50.6 Å². The molecule has 4 heterocycles. The van der Waals surface area contributed by atoms with Crippen LogP contribution >= 0.6 is 23.2 Å². The van der Waals surface area contributed by atoms with Gasteiger partial charge in [-0.1, -0.05) is 40.5 Å². The SMILES string of the molecule is COC(=O)c1cnc2cc(NC(=O)N3C4CCC3CC(OCc3c(-c5c(Cl)cccc5Cl)noc3C3CC3)C4)ccc2c1. The van der Waals surface area contributed by atoms with Crippen LogP contribution < -0.4 is 5.32 Å². The molecule has 2 aliphatic heterocycles. The summed E-state index contributed by atoms with van der Waals surface area (Å²) in [4.78, 5) is 31.6. The van der Waals surface area contributed by atoms with Crippen molar-refractivity contribution in [2.75, 3.05) is 12.4 Å². The van der Waals surface area contributed by atoms with Gasteiger partial charge in [-0.15, -0.1) is 0 Å². The summed E-state index contributed by atoms with van der Waals surface area (Å²) in [7, 11) is 1.34. The van der Waals surface area contributed by atoms with Crippen molar-refractivity contribution in [3.05, 3.63) is 75.6 Å². The lowest BCUT2D eigenvalue weighted by atomic mass is 9.99. The van der Waals surface area contributed by atoms with Gasteiger partial charge in [-0.3, -0.25) is 4.98 Å². The van der Waals surface area contributed by atoms with Gasteiger partial charge in [0.25, 0.3) is 0 Å². The Kier molecular flexibility index (Phi) is 7.49. The van der Waals surface area contributed by atoms with Gasteiger partial charge in [0.1, 0.15) is 11.5 Å². The molecule has 1 saturated carbocycles. The minimum absolute atomic E-state index is 0.00643. The summed E-state index contributed by atoms with van der Waals surface area (Å²) in [6.45, 7) is 0.351. The van der Waals surface area contributed by atoms with E-state index in [1.54, 1.807) is 18.2 Å². The number of halogens is 2. The average molecular weight is 622 g/mol. The van der Waals surface area contributed by atoms with Crippen LogP contribution in [0.3, 0.4) is 0 Å². The van der Waals surface area contributed by atoms with Crippen LogP contribution in [0.2, 0.25) is 10.0 Å². The van der Waals surface area contributed by atoms with E-state index in [2.05, 4.69) is 15.5 Å². The lowest BCUT2D eigenvalue weighted by Gasteiger charge is -2.38. The number of piperidine rings is 1. The molecule has 2 saturated heterocycles. The van der Waals surface area contributed by atoms with E-state index in [4.69, 9.17) is 37.2 Å². The molecular formula is C32H30Cl2N4O5. The molecule has 2 aromatic carbocycles. The summed E-state index contributed by atoms with van der Waals surface area (Å²) in [6, 6.07) is 12.7. The highest BCUT2D eigenvalue weighted by Crippen LogP contribution is 2.46. The Hall–Kier alpha value is -3.66. The largest absolute Gasteiger partial charge is 0.465 e. The summed E-state index contributed by atoms with van der Waals surface area (Å²) in [5.41, 5.74) is 3.93. The van der Waals surface area contributed by atoms with Gasteiger partial charge in [0.05, 0.1) is 40.9 Å². The molecule has 11 heteroatoms. The first-order valence-corrected chi connectivity index (χ1v) is 15.3. The van der Waals surface area contributed by atoms with Crippen LogP contribution in [0.15, 0.2) is 53.2 Å². The van der Waals surface area contributed by atoms with Crippen LogP contribution in [0.5, 0.6) is 0 Å². The molecular weight excluding hydrogens is 591 g/mol. The molecule has 1 aliphatic carbocycles. The van der Waals surface area contributed by atoms with Gasteiger partial charge in [-0.05, 0) is 68.9 Å². The number of carbonyl (C=O) groups is 2. The number of nitrogens with zero attached hydrogens (tertiary/aromatic N) is 3. The first-order valence-electron chi connectivity index (χ1n) is 14.5. The number of hydrogen-bond donors (Lipinski definition) is 1. The molecule has 4 aromatic rings. The van der Waals surface area contributed by atoms with Crippen molar-refractivity contribution >= 4 is 51.8 Å². The van der Waals surface area contributed by atoms with E-state index in [1.165, 1.54) is 13.3 Å². The zero-order chi connectivity index (χ0) is 29.7. The molecule has 3 fully saturated rings. The van der Waals surface area contributed by atoms with E-state index >= 15 is 0 Å². The number of carbonyl (C=O) groups excluding carboxylic acids is 2. The van der Waals surface area contributed by atoms with E-state index in [-0.39, 0.29) is 24.2 Å². The van der Waals surface area contributed by atoms with Crippen LogP contribution in [0.4, 0.5) is 10.5 Å². The molecule has 43 heavy (non-hydrogen) atoms. The van der Waals surface area contributed by atoms with Crippen LogP contribution in [0.25, 0.3) is 22.2 Å². The van der Waals surface area contributed by atoms with Crippen LogP contribution in [0.1, 0.15) is 66.1 Å². The minimum Gasteiger partial charge on any atom is -0.465 e. The third-order valence-corrected chi connectivity index (χ3v) is 9.34. The molecule has 1 N–H and O–H groups in total. The topological polar surface area (TPSA) is 107 Å². The van der Waals surface area contributed by atoms with Crippen LogP contribution in [0, 0.1) is 0 Å². The molecule has 2 bridgehead atoms. The first-order chi connectivity index (χ1) is 20.9. The molecule has 0 radical (unpaired) electrons. The number of esters is 1. The number of pyridine rings is 1. The highest BCUT2D eigenvalue weighted by molar-refractivity contribution is 6.39. The Balaban J connectivity index is 1.02. The van der Waals surface area contributed by atoms with E-state index in [9.17, 15) is 9.59 Å². The third-order valence-electron chi connectivity index (χ3n) is 8.71. The van der Waals surface area contributed by atoms with Gasteiger partial charge >= 0.3 is 12.0 Å². The molecule has 3 aliphatic rings. The number of anilines is 1. The fourth-order valence-electron chi connectivity index (χ4n) is 6.46. The minimum atomic E-state index is -0.440. The number of ether oxygens (including phenoxy) is 2.